The molecule has 86 valence electrons. The van der Waals surface area contributed by atoms with Gasteiger partial charge in [-0.2, -0.15) is 0 Å². The molecule has 0 aliphatic rings. The topological polar surface area (TPSA) is 21.3 Å². The van der Waals surface area contributed by atoms with E-state index in [4.69, 9.17) is 4.74 Å². The van der Waals surface area contributed by atoms with Crippen LogP contribution in [0.2, 0.25) is 0 Å². The van der Waals surface area contributed by atoms with Gasteiger partial charge in [0, 0.05) is 6.54 Å². The molecule has 0 fully saturated rings. The van der Waals surface area contributed by atoms with E-state index >= 15 is 0 Å². The van der Waals surface area contributed by atoms with E-state index in [0.717, 1.165) is 31.9 Å². The van der Waals surface area contributed by atoms with Crippen molar-refractivity contribution in [2.75, 3.05) is 13.2 Å². The van der Waals surface area contributed by atoms with Gasteiger partial charge < -0.3 is 10.1 Å². The lowest BCUT2D eigenvalue weighted by Gasteiger charge is -2.07. The third kappa shape index (κ3) is 5.65. The van der Waals surface area contributed by atoms with Crippen LogP contribution in [0, 0.1) is 0 Å². The summed E-state index contributed by atoms with van der Waals surface area (Å²) < 4.78 is 5.55. The molecule has 0 bridgehead atoms. The van der Waals surface area contributed by atoms with Gasteiger partial charge in [-0.1, -0.05) is 26.0 Å². The number of nitrogens with one attached hydrogen (secondary N) is 1. The molecule has 0 saturated carbocycles. The first-order valence-corrected chi connectivity index (χ1v) is 5.29. The summed E-state index contributed by atoms with van der Waals surface area (Å²) in [5.74, 6) is 0.974. The Kier molecular flexibility index (Phi) is 8.15. The molecular weight excluding hydrogens is 210 g/mol. The molecule has 1 rings (SSSR count). The highest BCUT2D eigenvalue weighted by Crippen LogP contribution is 2.13. The van der Waals surface area contributed by atoms with Gasteiger partial charge in [0.15, 0.2) is 0 Å². The SMILES string of the molecule is CCCOc1cccc(CNCC)c1.Cl. The van der Waals surface area contributed by atoms with Crippen molar-refractivity contribution in [3.63, 3.8) is 0 Å². The van der Waals surface area contributed by atoms with Crippen LogP contribution in [0.25, 0.3) is 0 Å². The minimum absolute atomic E-state index is 0. The van der Waals surface area contributed by atoms with E-state index in [1.54, 1.807) is 0 Å². The monoisotopic (exact) mass is 229 g/mol. The molecule has 15 heavy (non-hydrogen) atoms. The molecule has 1 N–H and O–H groups in total. The van der Waals surface area contributed by atoms with Gasteiger partial charge in [-0.25, -0.2) is 0 Å². The average molecular weight is 230 g/mol. The summed E-state index contributed by atoms with van der Waals surface area (Å²) in [6.07, 6.45) is 1.05. The summed E-state index contributed by atoms with van der Waals surface area (Å²) in [5, 5.41) is 3.29. The largest absolute Gasteiger partial charge is 0.494 e. The summed E-state index contributed by atoms with van der Waals surface area (Å²) in [6.45, 7) is 6.93. The third-order valence-electron chi connectivity index (χ3n) is 1.95. The second kappa shape index (κ2) is 8.57. The first kappa shape index (κ1) is 14.3. The maximum Gasteiger partial charge on any atom is 0.119 e. The molecule has 0 aliphatic carbocycles. The standard InChI is InChI=1S/C12H19NO.ClH/c1-3-8-14-12-7-5-6-11(9-12)10-13-4-2;/h5-7,9,13H,3-4,8,10H2,1-2H3;1H. The van der Waals surface area contributed by atoms with E-state index in [0.29, 0.717) is 0 Å². The van der Waals surface area contributed by atoms with Crippen LogP contribution in [-0.4, -0.2) is 13.2 Å². The minimum atomic E-state index is 0. The van der Waals surface area contributed by atoms with Gasteiger partial charge in [0.25, 0.3) is 0 Å². The van der Waals surface area contributed by atoms with Crippen molar-refractivity contribution in [2.45, 2.75) is 26.8 Å². The molecule has 0 radical (unpaired) electrons. The Morgan fingerprint density at radius 2 is 2.07 bits per heavy atom. The highest BCUT2D eigenvalue weighted by molar-refractivity contribution is 5.85. The van der Waals surface area contributed by atoms with Crippen LogP contribution in [0.4, 0.5) is 0 Å². The Morgan fingerprint density at radius 1 is 1.27 bits per heavy atom. The predicted molar refractivity (Wildman–Crippen MR) is 66.9 cm³/mol. The lowest BCUT2D eigenvalue weighted by molar-refractivity contribution is 0.317. The summed E-state index contributed by atoms with van der Waals surface area (Å²) in [4.78, 5) is 0. The highest BCUT2D eigenvalue weighted by atomic mass is 35.5. The first-order chi connectivity index (χ1) is 6.86. The Balaban J connectivity index is 0.00000196. The molecule has 0 aliphatic heterocycles. The summed E-state index contributed by atoms with van der Waals surface area (Å²) in [7, 11) is 0. The fourth-order valence-corrected chi connectivity index (χ4v) is 1.23. The van der Waals surface area contributed by atoms with Gasteiger partial charge in [0.05, 0.1) is 6.61 Å². The molecule has 2 nitrogen and oxygen atoms in total. The molecule has 1 aromatic rings. The Bertz CT molecular complexity index is 242. The zero-order chi connectivity index (χ0) is 10.2. The van der Waals surface area contributed by atoms with Gasteiger partial charge in [-0.15, -0.1) is 12.4 Å². The molecule has 0 atom stereocenters. The van der Waals surface area contributed by atoms with Crippen LogP contribution in [0.3, 0.4) is 0 Å². The van der Waals surface area contributed by atoms with Gasteiger partial charge in [-0.3, -0.25) is 0 Å². The third-order valence-corrected chi connectivity index (χ3v) is 1.95. The van der Waals surface area contributed by atoms with Crippen molar-refractivity contribution in [1.29, 1.82) is 0 Å². The Morgan fingerprint density at radius 3 is 2.73 bits per heavy atom. The van der Waals surface area contributed by atoms with Gasteiger partial charge in [0.1, 0.15) is 5.75 Å². The quantitative estimate of drug-likeness (QED) is 0.810. The first-order valence-electron chi connectivity index (χ1n) is 5.29. The van der Waals surface area contributed by atoms with Crippen LogP contribution >= 0.6 is 12.4 Å². The maximum absolute atomic E-state index is 5.55. The minimum Gasteiger partial charge on any atom is -0.494 e. The van der Waals surface area contributed by atoms with Gasteiger partial charge in [0.2, 0.25) is 0 Å². The van der Waals surface area contributed by atoms with Crippen LogP contribution in [0.15, 0.2) is 24.3 Å². The van der Waals surface area contributed by atoms with Crippen molar-refractivity contribution in [3.8, 4) is 5.75 Å². The summed E-state index contributed by atoms with van der Waals surface area (Å²) in [6, 6.07) is 8.25. The van der Waals surface area contributed by atoms with E-state index < -0.39 is 0 Å². The van der Waals surface area contributed by atoms with Crippen LogP contribution in [-0.2, 0) is 6.54 Å². The van der Waals surface area contributed by atoms with Crippen molar-refractivity contribution in [3.05, 3.63) is 29.8 Å². The van der Waals surface area contributed by atoms with E-state index in [9.17, 15) is 0 Å². The van der Waals surface area contributed by atoms with Crippen LogP contribution in [0.5, 0.6) is 5.75 Å². The molecule has 0 spiro atoms. The Hall–Kier alpha value is -0.730. The number of hydrogen-bond acceptors (Lipinski definition) is 2. The van der Waals surface area contributed by atoms with Crippen molar-refractivity contribution in [2.24, 2.45) is 0 Å². The van der Waals surface area contributed by atoms with E-state index in [2.05, 4.69) is 31.3 Å². The smallest absolute Gasteiger partial charge is 0.119 e. The van der Waals surface area contributed by atoms with Crippen molar-refractivity contribution < 1.29 is 4.74 Å². The van der Waals surface area contributed by atoms with Crippen LogP contribution in [0.1, 0.15) is 25.8 Å². The number of hydrogen-bond donors (Lipinski definition) is 1. The second-order valence-electron chi connectivity index (χ2n) is 3.28. The summed E-state index contributed by atoms with van der Waals surface area (Å²) in [5.41, 5.74) is 1.28. The van der Waals surface area contributed by atoms with Gasteiger partial charge >= 0.3 is 0 Å². The molecule has 0 aromatic heterocycles. The van der Waals surface area contributed by atoms with Crippen molar-refractivity contribution in [1.82, 2.24) is 5.32 Å². The van der Waals surface area contributed by atoms with E-state index in [1.807, 2.05) is 12.1 Å². The number of benzene rings is 1. The normalized spacial score (nSPS) is 9.47. The Labute approximate surface area is 98.4 Å². The molecule has 0 unspecified atom stereocenters. The molecule has 0 heterocycles. The maximum atomic E-state index is 5.55. The fourth-order valence-electron chi connectivity index (χ4n) is 1.23. The molecule has 0 amide bonds. The fraction of sp³-hybridized carbons (Fsp3) is 0.500. The molecule has 1 aromatic carbocycles. The van der Waals surface area contributed by atoms with E-state index in [1.165, 1.54) is 5.56 Å². The lowest BCUT2D eigenvalue weighted by atomic mass is 10.2. The zero-order valence-electron chi connectivity index (χ0n) is 9.45. The van der Waals surface area contributed by atoms with Gasteiger partial charge in [-0.05, 0) is 30.7 Å². The molecular formula is C12H20ClNO. The van der Waals surface area contributed by atoms with Crippen LogP contribution < -0.4 is 10.1 Å². The number of rotatable bonds is 6. The predicted octanol–water partition coefficient (Wildman–Crippen LogP) is 3.01. The molecule has 0 saturated heterocycles. The second-order valence-corrected chi connectivity index (χ2v) is 3.28. The lowest BCUT2D eigenvalue weighted by Crippen LogP contribution is -2.11. The molecule has 3 heteroatoms. The zero-order valence-corrected chi connectivity index (χ0v) is 10.3. The van der Waals surface area contributed by atoms with E-state index in [-0.39, 0.29) is 12.4 Å². The highest BCUT2D eigenvalue weighted by Gasteiger charge is 1.95. The number of halogens is 1. The van der Waals surface area contributed by atoms with Crippen molar-refractivity contribution >= 4 is 12.4 Å². The average Bonchev–Trinajstić information content (AvgIpc) is 2.24. The number of ether oxygens (including phenoxy) is 1. The summed E-state index contributed by atoms with van der Waals surface area (Å²) >= 11 is 0.